The number of carbonyl (C=O) groups excluding carboxylic acids is 2. The van der Waals surface area contributed by atoms with E-state index in [1.54, 1.807) is 41.7 Å². The van der Waals surface area contributed by atoms with Gasteiger partial charge in [-0.05, 0) is 23.6 Å². The highest BCUT2D eigenvalue weighted by Gasteiger charge is 2.19. The largest absolute Gasteiger partial charge is 0.465 e. The van der Waals surface area contributed by atoms with Crippen LogP contribution in [0.15, 0.2) is 69.8 Å². The number of aromatic nitrogens is 2. The molecular weight excluding hydrogens is 478 g/mol. The van der Waals surface area contributed by atoms with Crippen molar-refractivity contribution in [3.63, 3.8) is 0 Å². The standard InChI is InChI=1S/C23H19N3O4S3/c1-3-10-26-21(28)19-15(17-9-6-11-31-17)12-32-20(19)25-23(26)33-13-18(27)24-16-8-5-4-7-14(16)22(29)30-2/h3-9,11-12H,1,10,13H2,2H3,(H,24,27). The number of rotatable bonds is 8. The number of carbonyl (C=O) groups is 2. The van der Waals surface area contributed by atoms with E-state index in [4.69, 9.17) is 4.74 Å². The number of thiophene rings is 2. The number of hydrogen-bond donors (Lipinski definition) is 1. The molecule has 3 heterocycles. The Kier molecular flexibility index (Phi) is 7.07. The van der Waals surface area contributed by atoms with Gasteiger partial charge in [0.15, 0.2) is 5.16 Å². The van der Waals surface area contributed by atoms with Gasteiger partial charge in [-0.25, -0.2) is 9.78 Å². The summed E-state index contributed by atoms with van der Waals surface area (Å²) in [5.74, 6) is -0.862. The van der Waals surface area contributed by atoms with Gasteiger partial charge in [-0.1, -0.05) is 36.0 Å². The zero-order chi connectivity index (χ0) is 23.4. The van der Waals surface area contributed by atoms with Gasteiger partial charge in [0, 0.05) is 22.4 Å². The molecule has 0 aliphatic rings. The van der Waals surface area contributed by atoms with Gasteiger partial charge >= 0.3 is 5.97 Å². The Labute approximate surface area is 201 Å². The first kappa shape index (κ1) is 23.0. The first-order valence-electron chi connectivity index (χ1n) is 9.80. The van der Waals surface area contributed by atoms with Gasteiger partial charge in [0.2, 0.25) is 5.91 Å². The van der Waals surface area contributed by atoms with Crippen molar-refractivity contribution in [1.82, 2.24) is 9.55 Å². The Bertz CT molecular complexity index is 1390. The maximum atomic E-state index is 13.3. The number of amides is 1. The molecule has 33 heavy (non-hydrogen) atoms. The van der Waals surface area contributed by atoms with E-state index >= 15 is 0 Å². The summed E-state index contributed by atoms with van der Waals surface area (Å²) in [5.41, 5.74) is 1.33. The molecule has 7 nitrogen and oxygen atoms in total. The van der Waals surface area contributed by atoms with Crippen molar-refractivity contribution in [2.24, 2.45) is 0 Å². The molecule has 0 radical (unpaired) electrons. The van der Waals surface area contributed by atoms with Gasteiger partial charge in [-0.3, -0.25) is 14.2 Å². The number of nitrogens with one attached hydrogen (secondary N) is 1. The number of para-hydroxylation sites is 1. The van der Waals surface area contributed by atoms with Gasteiger partial charge in [0.05, 0.1) is 29.5 Å². The SMILES string of the molecule is C=CCn1c(SCC(=O)Nc2ccccc2C(=O)OC)nc2scc(-c3cccs3)c2c1=O. The van der Waals surface area contributed by atoms with Crippen LogP contribution in [-0.2, 0) is 16.1 Å². The molecular formula is C23H19N3O4S3. The van der Waals surface area contributed by atoms with Crippen LogP contribution >= 0.6 is 34.4 Å². The van der Waals surface area contributed by atoms with E-state index in [0.29, 0.717) is 21.1 Å². The van der Waals surface area contributed by atoms with E-state index in [2.05, 4.69) is 16.9 Å². The van der Waals surface area contributed by atoms with Crippen molar-refractivity contribution in [3.8, 4) is 10.4 Å². The summed E-state index contributed by atoms with van der Waals surface area (Å²) in [4.78, 5) is 44.2. The molecule has 1 aromatic carbocycles. The quantitative estimate of drug-likeness (QED) is 0.161. The number of methoxy groups -OCH3 is 1. The first-order valence-corrected chi connectivity index (χ1v) is 12.5. The number of allylic oxidation sites excluding steroid dienone is 1. The zero-order valence-corrected chi connectivity index (χ0v) is 20.0. The van der Waals surface area contributed by atoms with E-state index in [0.717, 1.165) is 22.2 Å². The normalized spacial score (nSPS) is 10.8. The van der Waals surface area contributed by atoms with Crippen LogP contribution in [0.4, 0.5) is 5.69 Å². The highest BCUT2D eigenvalue weighted by Crippen LogP contribution is 2.34. The molecule has 0 fully saturated rings. The minimum atomic E-state index is -0.537. The van der Waals surface area contributed by atoms with Crippen molar-refractivity contribution in [3.05, 3.63) is 75.7 Å². The maximum Gasteiger partial charge on any atom is 0.339 e. The van der Waals surface area contributed by atoms with Gasteiger partial charge in [-0.2, -0.15) is 0 Å². The molecule has 4 rings (SSSR count). The maximum absolute atomic E-state index is 13.3. The topological polar surface area (TPSA) is 90.3 Å². The number of anilines is 1. The van der Waals surface area contributed by atoms with Crippen LogP contribution in [0.3, 0.4) is 0 Å². The molecule has 0 bridgehead atoms. The highest BCUT2D eigenvalue weighted by molar-refractivity contribution is 7.99. The molecule has 0 aliphatic carbocycles. The molecule has 1 amide bonds. The number of nitrogens with zero attached hydrogens (tertiary/aromatic N) is 2. The summed E-state index contributed by atoms with van der Waals surface area (Å²) in [7, 11) is 1.28. The fourth-order valence-corrected chi connectivity index (χ4v) is 5.83. The first-order chi connectivity index (χ1) is 16.0. The van der Waals surface area contributed by atoms with Crippen LogP contribution < -0.4 is 10.9 Å². The molecule has 4 aromatic rings. The van der Waals surface area contributed by atoms with Crippen LogP contribution in [0.25, 0.3) is 20.7 Å². The molecule has 3 aromatic heterocycles. The van der Waals surface area contributed by atoms with Gasteiger partial charge in [-0.15, -0.1) is 29.3 Å². The molecule has 0 aliphatic heterocycles. The second kappa shape index (κ2) is 10.2. The molecule has 0 saturated carbocycles. The Morgan fingerprint density at radius 1 is 1.24 bits per heavy atom. The zero-order valence-electron chi connectivity index (χ0n) is 17.6. The monoisotopic (exact) mass is 497 g/mol. The van der Waals surface area contributed by atoms with Crippen LogP contribution in [0, 0.1) is 0 Å². The fourth-order valence-electron chi connectivity index (χ4n) is 3.22. The molecule has 168 valence electrons. The lowest BCUT2D eigenvalue weighted by atomic mass is 10.2. The number of fused-ring (bicyclic) bond motifs is 1. The predicted molar refractivity (Wildman–Crippen MR) is 135 cm³/mol. The number of esters is 1. The average Bonchev–Trinajstić information content (AvgIpc) is 3.49. The fraction of sp³-hybridized carbons (Fsp3) is 0.130. The number of thioether (sulfide) groups is 1. The van der Waals surface area contributed by atoms with Gasteiger partial charge in [0.25, 0.3) is 5.56 Å². The van der Waals surface area contributed by atoms with E-state index < -0.39 is 5.97 Å². The van der Waals surface area contributed by atoms with Crippen LogP contribution in [0.2, 0.25) is 0 Å². The Morgan fingerprint density at radius 2 is 2.06 bits per heavy atom. The van der Waals surface area contributed by atoms with Crippen LogP contribution in [-0.4, -0.2) is 34.3 Å². The van der Waals surface area contributed by atoms with Crippen molar-refractivity contribution < 1.29 is 14.3 Å². The Morgan fingerprint density at radius 3 is 2.79 bits per heavy atom. The third-order valence-electron chi connectivity index (χ3n) is 4.70. The molecule has 0 unspecified atom stereocenters. The summed E-state index contributed by atoms with van der Waals surface area (Å²) in [6.07, 6.45) is 1.63. The third kappa shape index (κ3) is 4.77. The molecule has 0 atom stereocenters. The molecule has 0 spiro atoms. The van der Waals surface area contributed by atoms with E-state index in [1.165, 1.54) is 23.0 Å². The van der Waals surface area contributed by atoms with E-state index in [1.807, 2.05) is 22.9 Å². The number of benzene rings is 1. The van der Waals surface area contributed by atoms with E-state index in [-0.39, 0.29) is 29.3 Å². The second-order valence-electron chi connectivity index (χ2n) is 6.78. The third-order valence-corrected chi connectivity index (χ3v) is 7.45. The summed E-state index contributed by atoms with van der Waals surface area (Å²) in [5, 5.41) is 7.64. The van der Waals surface area contributed by atoms with Crippen molar-refractivity contribution >= 4 is 62.2 Å². The van der Waals surface area contributed by atoms with Crippen LogP contribution in [0.1, 0.15) is 10.4 Å². The van der Waals surface area contributed by atoms with Gasteiger partial charge in [0.1, 0.15) is 4.83 Å². The lowest BCUT2D eigenvalue weighted by Crippen LogP contribution is -2.23. The van der Waals surface area contributed by atoms with Crippen molar-refractivity contribution in [1.29, 1.82) is 0 Å². The molecule has 1 N–H and O–H groups in total. The second-order valence-corrected chi connectivity index (χ2v) is 9.53. The summed E-state index contributed by atoms with van der Waals surface area (Å²) in [6, 6.07) is 10.5. The van der Waals surface area contributed by atoms with E-state index in [9.17, 15) is 14.4 Å². The predicted octanol–water partition coefficient (Wildman–Crippen LogP) is 4.89. The van der Waals surface area contributed by atoms with Crippen molar-refractivity contribution in [2.45, 2.75) is 11.7 Å². The minimum Gasteiger partial charge on any atom is -0.465 e. The lowest BCUT2D eigenvalue weighted by molar-refractivity contribution is -0.113. The Hall–Kier alpha value is -3.21. The molecule has 0 saturated heterocycles. The smallest absolute Gasteiger partial charge is 0.339 e. The van der Waals surface area contributed by atoms with Gasteiger partial charge < -0.3 is 10.1 Å². The highest BCUT2D eigenvalue weighted by atomic mass is 32.2. The summed E-state index contributed by atoms with van der Waals surface area (Å²) < 4.78 is 6.29. The summed E-state index contributed by atoms with van der Waals surface area (Å²) in [6.45, 7) is 4.02. The number of ether oxygens (including phenoxy) is 1. The van der Waals surface area contributed by atoms with Crippen LogP contribution in [0.5, 0.6) is 0 Å². The molecule has 10 heteroatoms. The Balaban J connectivity index is 1.60. The minimum absolute atomic E-state index is 0.00769. The van der Waals surface area contributed by atoms with Crippen molar-refractivity contribution in [2.75, 3.05) is 18.2 Å². The number of hydrogen-bond acceptors (Lipinski definition) is 8. The lowest BCUT2D eigenvalue weighted by Gasteiger charge is -2.12. The average molecular weight is 498 g/mol. The summed E-state index contributed by atoms with van der Waals surface area (Å²) >= 11 is 4.13.